The summed E-state index contributed by atoms with van der Waals surface area (Å²) in [7, 11) is 0. The number of fused-ring (bicyclic) bond motifs is 1. The van der Waals surface area contributed by atoms with Crippen LogP contribution in [0.3, 0.4) is 0 Å². The molecule has 0 saturated heterocycles. The Hall–Kier alpha value is -1.84. The van der Waals surface area contributed by atoms with Crippen molar-refractivity contribution in [3.8, 4) is 0 Å². The van der Waals surface area contributed by atoms with Gasteiger partial charge in [-0.1, -0.05) is 32.9 Å². The summed E-state index contributed by atoms with van der Waals surface area (Å²) >= 11 is 0. The molecule has 4 nitrogen and oxygen atoms in total. The maximum Gasteiger partial charge on any atom is 0.169 e. The van der Waals surface area contributed by atoms with Gasteiger partial charge in [0.2, 0.25) is 0 Å². The van der Waals surface area contributed by atoms with Crippen LogP contribution in [0.15, 0.2) is 24.3 Å². The van der Waals surface area contributed by atoms with E-state index in [1.807, 2.05) is 24.3 Å². The van der Waals surface area contributed by atoms with E-state index in [2.05, 4.69) is 36.1 Å². The van der Waals surface area contributed by atoms with E-state index >= 15 is 0 Å². The Morgan fingerprint density at radius 3 is 2.39 bits per heavy atom. The van der Waals surface area contributed by atoms with E-state index in [0.29, 0.717) is 11.6 Å². The SMILES string of the molecule is CCC(C)(C)CNc1nc2ccccc2nc1N. The predicted molar refractivity (Wildman–Crippen MR) is 76.5 cm³/mol. The van der Waals surface area contributed by atoms with Crippen LogP contribution in [0.2, 0.25) is 0 Å². The van der Waals surface area contributed by atoms with Crippen LogP contribution in [-0.4, -0.2) is 16.5 Å². The van der Waals surface area contributed by atoms with Crippen molar-refractivity contribution in [2.75, 3.05) is 17.6 Å². The van der Waals surface area contributed by atoms with Crippen molar-refractivity contribution in [1.29, 1.82) is 0 Å². The first-order valence-corrected chi connectivity index (χ1v) is 6.28. The zero-order valence-corrected chi connectivity index (χ0v) is 11.2. The highest BCUT2D eigenvalue weighted by Gasteiger charge is 2.16. The topological polar surface area (TPSA) is 63.8 Å². The molecule has 0 aliphatic carbocycles. The minimum absolute atomic E-state index is 0.222. The summed E-state index contributed by atoms with van der Waals surface area (Å²) in [6, 6.07) is 7.74. The number of nitrogen functional groups attached to an aromatic ring is 1. The lowest BCUT2D eigenvalue weighted by Crippen LogP contribution is -2.23. The minimum Gasteiger partial charge on any atom is -0.381 e. The van der Waals surface area contributed by atoms with Crippen LogP contribution in [-0.2, 0) is 0 Å². The second kappa shape index (κ2) is 4.80. The molecule has 0 fully saturated rings. The van der Waals surface area contributed by atoms with Crippen molar-refractivity contribution in [3.05, 3.63) is 24.3 Å². The smallest absolute Gasteiger partial charge is 0.169 e. The van der Waals surface area contributed by atoms with Crippen LogP contribution < -0.4 is 11.1 Å². The van der Waals surface area contributed by atoms with E-state index in [1.165, 1.54) is 0 Å². The summed E-state index contributed by atoms with van der Waals surface area (Å²) in [6.07, 6.45) is 1.10. The zero-order chi connectivity index (χ0) is 13.2. The van der Waals surface area contributed by atoms with Crippen LogP contribution in [0.4, 0.5) is 11.6 Å². The quantitative estimate of drug-likeness (QED) is 0.867. The van der Waals surface area contributed by atoms with Crippen molar-refractivity contribution in [2.24, 2.45) is 5.41 Å². The number of hydrogen-bond acceptors (Lipinski definition) is 4. The molecule has 0 atom stereocenters. The molecule has 0 aliphatic heterocycles. The Bertz CT molecular complexity index is 548. The van der Waals surface area contributed by atoms with Gasteiger partial charge < -0.3 is 11.1 Å². The average Bonchev–Trinajstić information content (AvgIpc) is 2.36. The fourth-order valence-corrected chi connectivity index (χ4v) is 1.59. The van der Waals surface area contributed by atoms with Gasteiger partial charge in [-0.15, -0.1) is 0 Å². The third-order valence-electron chi connectivity index (χ3n) is 3.29. The molecule has 3 N–H and O–H groups in total. The van der Waals surface area contributed by atoms with E-state index in [9.17, 15) is 0 Å². The maximum atomic E-state index is 5.92. The van der Waals surface area contributed by atoms with Crippen molar-refractivity contribution in [1.82, 2.24) is 9.97 Å². The Kier molecular flexibility index (Phi) is 3.36. The van der Waals surface area contributed by atoms with Crippen molar-refractivity contribution in [2.45, 2.75) is 27.2 Å². The van der Waals surface area contributed by atoms with Crippen molar-refractivity contribution >= 4 is 22.7 Å². The molecular weight excluding hydrogens is 224 g/mol. The Morgan fingerprint density at radius 2 is 1.78 bits per heavy atom. The maximum absolute atomic E-state index is 5.92. The highest BCUT2D eigenvalue weighted by Crippen LogP contribution is 2.23. The highest BCUT2D eigenvalue weighted by atomic mass is 15.1. The third kappa shape index (κ3) is 2.70. The van der Waals surface area contributed by atoms with Crippen LogP contribution in [0.25, 0.3) is 11.0 Å². The molecule has 0 aliphatic rings. The number of aromatic nitrogens is 2. The standard InChI is InChI=1S/C14H20N4/c1-4-14(2,3)9-16-13-12(15)17-10-7-5-6-8-11(10)18-13/h5-8H,4,9H2,1-3H3,(H2,15,17)(H,16,18). The molecule has 1 heterocycles. The Morgan fingerprint density at radius 1 is 1.17 bits per heavy atom. The van der Waals surface area contributed by atoms with Crippen LogP contribution in [0.1, 0.15) is 27.2 Å². The molecule has 0 saturated carbocycles. The highest BCUT2D eigenvalue weighted by molar-refractivity contribution is 5.79. The number of anilines is 2. The molecule has 18 heavy (non-hydrogen) atoms. The number of nitrogens with zero attached hydrogens (tertiary/aromatic N) is 2. The van der Waals surface area contributed by atoms with Gasteiger partial charge in [0.15, 0.2) is 11.6 Å². The molecule has 0 radical (unpaired) electrons. The van der Waals surface area contributed by atoms with Gasteiger partial charge in [0.25, 0.3) is 0 Å². The second-order valence-electron chi connectivity index (χ2n) is 5.32. The summed E-state index contributed by atoms with van der Waals surface area (Å²) < 4.78 is 0. The van der Waals surface area contributed by atoms with Gasteiger partial charge in [0.1, 0.15) is 0 Å². The number of nitrogens with two attached hydrogens (primary N) is 1. The third-order valence-corrected chi connectivity index (χ3v) is 3.29. The molecule has 0 amide bonds. The normalized spacial score (nSPS) is 11.7. The van der Waals surface area contributed by atoms with E-state index < -0.39 is 0 Å². The summed E-state index contributed by atoms with van der Waals surface area (Å²) in [4.78, 5) is 8.87. The van der Waals surface area contributed by atoms with Gasteiger partial charge in [0, 0.05) is 6.54 Å². The van der Waals surface area contributed by atoms with Crippen LogP contribution in [0.5, 0.6) is 0 Å². The number of hydrogen-bond donors (Lipinski definition) is 2. The van der Waals surface area contributed by atoms with Gasteiger partial charge >= 0.3 is 0 Å². The van der Waals surface area contributed by atoms with Crippen LogP contribution in [0, 0.1) is 5.41 Å². The molecule has 96 valence electrons. The Labute approximate surface area is 108 Å². The summed E-state index contributed by atoms with van der Waals surface area (Å²) in [5.41, 5.74) is 7.84. The lowest BCUT2D eigenvalue weighted by Gasteiger charge is -2.23. The average molecular weight is 244 g/mol. The van der Waals surface area contributed by atoms with Gasteiger partial charge in [-0.2, -0.15) is 0 Å². The van der Waals surface area contributed by atoms with E-state index in [-0.39, 0.29) is 5.41 Å². The van der Waals surface area contributed by atoms with Crippen molar-refractivity contribution in [3.63, 3.8) is 0 Å². The van der Waals surface area contributed by atoms with Gasteiger partial charge in [-0.05, 0) is 24.0 Å². The van der Waals surface area contributed by atoms with Crippen molar-refractivity contribution < 1.29 is 0 Å². The predicted octanol–water partition coefficient (Wildman–Crippen LogP) is 3.06. The number of benzene rings is 1. The van der Waals surface area contributed by atoms with E-state index in [4.69, 9.17) is 5.73 Å². The van der Waals surface area contributed by atoms with Crippen LogP contribution >= 0.6 is 0 Å². The summed E-state index contributed by atoms with van der Waals surface area (Å²) in [5.74, 6) is 1.14. The monoisotopic (exact) mass is 244 g/mol. The molecule has 2 rings (SSSR count). The molecule has 2 aromatic rings. The zero-order valence-electron chi connectivity index (χ0n) is 11.2. The first-order chi connectivity index (χ1) is 8.52. The largest absolute Gasteiger partial charge is 0.381 e. The molecule has 1 aromatic heterocycles. The molecule has 0 unspecified atom stereocenters. The molecular formula is C14H20N4. The lowest BCUT2D eigenvalue weighted by molar-refractivity contribution is 0.376. The lowest BCUT2D eigenvalue weighted by atomic mass is 9.90. The minimum atomic E-state index is 0.222. The van der Waals surface area contributed by atoms with E-state index in [1.54, 1.807) is 0 Å². The fourth-order valence-electron chi connectivity index (χ4n) is 1.59. The number of rotatable bonds is 4. The molecule has 0 bridgehead atoms. The Balaban J connectivity index is 2.25. The molecule has 0 spiro atoms. The van der Waals surface area contributed by atoms with E-state index in [0.717, 1.165) is 24.0 Å². The molecule has 4 heteroatoms. The van der Waals surface area contributed by atoms with Gasteiger partial charge in [0.05, 0.1) is 11.0 Å². The summed E-state index contributed by atoms with van der Waals surface area (Å²) in [5, 5.41) is 3.30. The number of para-hydroxylation sites is 2. The second-order valence-corrected chi connectivity index (χ2v) is 5.32. The first kappa shape index (κ1) is 12.6. The first-order valence-electron chi connectivity index (χ1n) is 6.28. The number of nitrogens with one attached hydrogen (secondary N) is 1. The van der Waals surface area contributed by atoms with Gasteiger partial charge in [-0.25, -0.2) is 9.97 Å². The summed E-state index contributed by atoms with van der Waals surface area (Å²) in [6.45, 7) is 7.44. The van der Waals surface area contributed by atoms with Gasteiger partial charge in [-0.3, -0.25) is 0 Å². The molecule has 1 aromatic carbocycles. The fraction of sp³-hybridized carbons (Fsp3) is 0.429.